The summed E-state index contributed by atoms with van der Waals surface area (Å²) in [5.74, 6) is 0.0377. The standard InChI is InChI=1S/C15H24N2O/c1-5-12-6-8-13(9-7-12)15(2,3)11-17-14(18)10-16-4/h6-9,16H,5,10-11H2,1-4H3,(H,17,18). The zero-order valence-corrected chi connectivity index (χ0v) is 11.8. The molecule has 0 atom stereocenters. The van der Waals surface area contributed by atoms with Gasteiger partial charge in [-0.2, -0.15) is 0 Å². The molecular formula is C15H24N2O. The van der Waals surface area contributed by atoms with Gasteiger partial charge in [-0.25, -0.2) is 0 Å². The maximum Gasteiger partial charge on any atom is 0.233 e. The molecule has 2 N–H and O–H groups in total. The predicted octanol–water partition coefficient (Wildman–Crippen LogP) is 1.86. The number of benzene rings is 1. The Balaban J connectivity index is 2.63. The van der Waals surface area contributed by atoms with Crippen molar-refractivity contribution in [3.63, 3.8) is 0 Å². The van der Waals surface area contributed by atoms with E-state index in [1.807, 2.05) is 0 Å². The minimum Gasteiger partial charge on any atom is -0.354 e. The van der Waals surface area contributed by atoms with E-state index in [0.29, 0.717) is 13.1 Å². The Kier molecular flexibility index (Phi) is 5.35. The van der Waals surface area contributed by atoms with Crippen molar-refractivity contribution in [3.8, 4) is 0 Å². The Morgan fingerprint density at radius 2 is 1.83 bits per heavy atom. The van der Waals surface area contributed by atoms with Gasteiger partial charge in [0.05, 0.1) is 6.54 Å². The zero-order valence-electron chi connectivity index (χ0n) is 11.8. The lowest BCUT2D eigenvalue weighted by Gasteiger charge is -2.26. The first kappa shape index (κ1) is 14.7. The van der Waals surface area contributed by atoms with E-state index < -0.39 is 0 Å². The molecular weight excluding hydrogens is 224 g/mol. The van der Waals surface area contributed by atoms with Crippen LogP contribution in [0.1, 0.15) is 31.9 Å². The minimum atomic E-state index is -0.0460. The summed E-state index contributed by atoms with van der Waals surface area (Å²) in [7, 11) is 1.77. The highest BCUT2D eigenvalue weighted by Crippen LogP contribution is 2.22. The fourth-order valence-corrected chi connectivity index (χ4v) is 1.84. The number of hydrogen-bond acceptors (Lipinski definition) is 2. The van der Waals surface area contributed by atoms with Gasteiger partial charge in [0.15, 0.2) is 0 Å². The predicted molar refractivity (Wildman–Crippen MR) is 75.8 cm³/mol. The topological polar surface area (TPSA) is 41.1 Å². The van der Waals surface area contributed by atoms with Crippen LogP contribution >= 0.6 is 0 Å². The van der Waals surface area contributed by atoms with E-state index in [2.05, 4.69) is 55.7 Å². The normalized spacial score (nSPS) is 11.3. The molecule has 0 fully saturated rings. The van der Waals surface area contributed by atoms with Crippen LogP contribution in [0, 0.1) is 0 Å². The molecule has 100 valence electrons. The molecule has 1 rings (SSSR count). The van der Waals surface area contributed by atoms with Crippen molar-refractivity contribution < 1.29 is 4.79 Å². The van der Waals surface area contributed by atoms with E-state index in [0.717, 1.165) is 6.42 Å². The molecule has 0 saturated heterocycles. The first-order chi connectivity index (χ1) is 8.49. The van der Waals surface area contributed by atoms with Gasteiger partial charge < -0.3 is 10.6 Å². The third-order valence-electron chi connectivity index (χ3n) is 3.21. The zero-order chi connectivity index (χ0) is 13.6. The molecule has 0 spiro atoms. The van der Waals surface area contributed by atoms with E-state index in [9.17, 15) is 4.79 Å². The largest absolute Gasteiger partial charge is 0.354 e. The number of carbonyl (C=O) groups excluding carboxylic acids is 1. The molecule has 0 radical (unpaired) electrons. The van der Waals surface area contributed by atoms with Crippen LogP contribution in [0.4, 0.5) is 0 Å². The van der Waals surface area contributed by atoms with Crippen molar-refractivity contribution in [2.24, 2.45) is 0 Å². The highest BCUT2D eigenvalue weighted by atomic mass is 16.1. The lowest BCUT2D eigenvalue weighted by atomic mass is 9.84. The van der Waals surface area contributed by atoms with Crippen molar-refractivity contribution in [2.45, 2.75) is 32.6 Å². The molecule has 0 aromatic heterocycles. The van der Waals surface area contributed by atoms with E-state index in [1.54, 1.807) is 7.05 Å². The van der Waals surface area contributed by atoms with Gasteiger partial charge in [0.1, 0.15) is 0 Å². The number of amides is 1. The highest BCUT2D eigenvalue weighted by molar-refractivity contribution is 5.78. The Bertz CT molecular complexity index is 382. The van der Waals surface area contributed by atoms with Crippen LogP contribution < -0.4 is 10.6 Å². The third kappa shape index (κ3) is 4.15. The number of rotatable bonds is 6. The van der Waals surface area contributed by atoms with Crippen molar-refractivity contribution >= 4 is 5.91 Å². The average Bonchev–Trinajstić information content (AvgIpc) is 2.37. The average molecular weight is 248 g/mol. The Labute approximate surface area is 110 Å². The Morgan fingerprint density at radius 3 is 2.33 bits per heavy atom. The number of likely N-dealkylation sites (N-methyl/N-ethyl adjacent to an activating group) is 1. The number of aryl methyl sites for hydroxylation is 1. The summed E-state index contributed by atoms with van der Waals surface area (Å²) < 4.78 is 0. The summed E-state index contributed by atoms with van der Waals surface area (Å²) in [6.45, 7) is 7.46. The number of nitrogens with one attached hydrogen (secondary N) is 2. The van der Waals surface area contributed by atoms with Crippen LogP contribution in [-0.2, 0) is 16.6 Å². The van der Waals surface area contributed by atoms with Crippen molar-refractivity contribution in [2.75, 3.05) is 20.1 Å². The van der Waals surface area contributed by atoms with Crippen LogP contribution in [-0.4, -0.2) is 26.0 Å². The first-order valence-corrected chi connectivity index (χ1v) is 6.50. The molecule has 0 saturated carbocycles. The summed E-state index contributed by atoms with van der Waals surface area (Å²) in [5.41, 5.74) is 2.55. The maximum absolute atomic E-state index is 11.4. The second-order valence-corrected chi connectivity index (χ2v) is 5.24. The molecule has 1 amide bonds. The molecule has 0 unspecified atom stereocenters. The van der Waals surface area contributed by atoms with Gasteiger partial charge in [0.25, 0.3) is 0 Å². The Hall–Kier alpha value is -1.35. The minimum absolute atomic E-state index is 0.0377. The van der Waals surface area contributed by atoms with E-state index in [4.69, 9.17) is 0 Å². The second-order valence-electron chi connectivity index (χ2n) is 5.24. The van der Waals surface area contributed by atoms with Gasteiger partial charge >= 0.3 is 0 Å². The quantitative estimate of drug-likeness (QED) is 0.807. The lowest BCUT2D eigenvalue weighted by molar-refractivity contribution is -0.120. The molecule has 1 aromatic rings. The summed E-state index contributed by atoms with van der Waals surface area (Å²) in [6.07, 6.45) is 1.06. The van der Waals surface area contributed by atoms with Gasteiger partial charge in [0.2, 0.25) is 5.91 Å². The lowest BCUT2D eigenvalue weighted by Crippen LogP contribution is -2.40. The second kappa shape index (κ2) is 6.55. The van der Waals surface area contributed by atoms with Crippen LogP contribution in [0.15, 0.2) is 24.3 Å². The van der Waals surface area contributed by atoms with Crippen LogP contribution in [0.25, 0.3) is 0 Å². The fraction of sp³-hybridized carbons (Fsp3) is 0.533. The summed E-state index contributed by atoms with van der Waals surface area (Å²) >= 11 is 0. The van der Waals surface area contributed by atoms with Gasteiger partial charge in [0, 0.05) is 12.0 Å². The van der Waals surface area contributed by atoms with Gasteiger partial charge in [-0.05, 0) is 24.6 Å². The summed E-state index contributed by atoms with van der Waals surface area (Å²) in [5, 5.41) is 5.80. The first-order valence-electron chi connectivity index (χ1n) is 6.50. The number of hydrogen-bond donors (Lipinski definition) is 2. The number of carbonyl (C=O) groups is 1. The molecule has 3 nitrogen and oxygen atoms in total. The summed E-state index contributed by atoms with van der Waals surface area (Å²) in [6, 6.07) is 8.63. The van der Waals surface area contributed by atoms with Crippen LogP contribution in [0.3, 0.4) is 0 Å². The van der Waals surface area contributed by atoms with Crippen molar-refractivity contribution in [3.05, 3.63) is 35.4 Å². The molecule has 0 aliphatic carbocycles. The van der Waals surface area contributed by atoms with Crippen molar-refractivity contribution in [1.82, 2.24) is 10.6 Å². The fourth-order valence-electron chi connectivity index (χ4n) is 1.84. The molecule has 3 heteroatoms. The molecule has 0 bridgehead atoms. The smallest absolute Gasteiger partial charge is 0.233 e. The maximum atomic E-state index is 11.4. The van der Waals surface area contributed by atoms with E-state index >= 15 is 0 Å². The van der Waals surface area contributed by atoms with E-state index in [1.165, 1.54) is 11.1 Å². The monoisotopic (exact) mass is 248 g/mol. The summed E-state index contributed by atoms with van der Waals surface area (Å²) in [4.78, 5) is 11.4. The van der Waals surface area contributed by atoms with Crippen LogP contribution in [0.2, 0.25) is 0 Å². The third-order valence-corrected chi connectivity index (χ3v) is 3.21. The van der Waals surface area contributed by atoms with Crippen molar-refractivity contribution in [1.29, 1.82) is 0 Å². The van der Waals surface area contributed by atoms with E-state index in [-0.39, 0.29) is 11.3 Å². The SMILES string of the molecule is CCc1ccc(C(C)(C)CNC(=O)CNC)cc1. The molecule has 0 aliphatic rings. The Morgan fingerprint density at radius 1 is 1.22 bits per heavy atom. The van der Waals surface area contributed by atoms with Gasteiger partial charge in [-0.1, -0.05) is 45.0 Å². The highest BCUT2D eigenvalue weighted by Gasteiger charge is 2.21. The molecule has 0 aliphatic heterocycles. The molecule has 18 heavy (non-hydrogen) atoms. The molecule has 0 heterocycles. The van der Waals surface area contributed by atoms with Crippen LogP contribution in [0.5, 0.6) is 0 Å². The van der Waals surface area contributed by atoms with Gasteiger partial charge in [-0.3, -0.25) is 4.79 Å². The molecule has 1 aromatic carbocycles. The van der Waals surface area contributed by atoms with Gasteiger partial charge in [-0.15, -0.1) is 0 Å².